The Morgan fingerprint density at radius 2 is 1.72 bits per heavy atom. The number of sulfonamides is 1. The van der Waals surface area contributed by atoms with E-state index in [1.807, 2.05) is 22.9 Å². The number of amides is 1. The fourth-order valence-corrected chi connectivity index (χ4v) is 2.30. The number of benzene rings is 1. The van der Waals surface area contributed by atoms with Gasteiger partial charge in [-0.05, 0) is 25.0 Å². The molecular formula is C12H15NO4S. The second kappa shape index (κ2) is 5.68. The van der Waals surface area contributed by atoms with Gasteiger partial charge in [-0.1, -0.05) is 30.3 Å². The van der Waals surface area contributed by atoms with Crippen molar-refractivity contribution >= 4 is 21.7 Å². The van der Waals surface area contributed by atoms with Crippen molar-refractivity contribution in [3.05, 3.63) is 40.8 Å². The van der Waals surface area contributed by atoms with Crippen LogP contribution in [-0.2, 0) is 14.8 Å². The molecule has 1 N–H and O–H groups in total. The van der Waals surface area contributed by atoms with Crippen LogP contribution >= 0.6 is 0 Å². The Morgan fingerprint density at radius 1 is 1.17 bits per heavy atom. The molecule has 0 bridgehead atoms. The third kappa shape index (κ3) is 3.33. The summed E-state index contributed by atoms with van der Waals surface area (Å²) in [5, 5.41) is 0. The highest BCUT2D eigenvalue weighted by Gasteiger charge is 2.19. The lowest BCUT2D eigenvalue weighted by atomic mass is 10.1. The van der Waals surface area contributed by atoms with Crippen LogP contribution in [0.25, 0.3) is 5.57 Å². The molecule has 0 saturated heterocycles. The average molecular weight is 269 g/mol. The summed E-state index contributed by atoms with van der Waals surface area (Å²) in [4.78, 5) is 11.0. The molecule has 0 radical (unpaired) electrons. The van der Waals surface area contributed by atoms with Crippen LogP contribution in [-0.4, -0.2) is 21.6 Å². The second-order valence-electron chi connectivity index (χ2n) is 3.64. The molecule has 98 valence electrons. The summed E-state index contributed by atoms with van der Waals surface area (Å²) >= 11 is 0. The number of carbonyl (C=O) groups excluding carboxylic acids is 1. The fraction of sp³-hybridized carbons (Fsp3) is 0.250. The van der Waals surface area contributed by atoms with Crippen molar-refractivity contribution in [2.24, 2.45) is 0 Å². The molecule has 1 aromatic rings. The minimum atomic E-state index is -3.86. The van der Waals surface area contributed by atoms with Crippen molar-refractivity contribution in [2.45, 2.75) is 13.8 Å². The molecule has 0 spiro atoms. The lowest BCUT2D eigenvalue weighted by Gasteiger charge is -2.10. The lowest BCUT2D eigenvalue weighted by Crippen LogP contribution is -2.31. The van der Waals surface area contributed by atoms with Gasteiger partial charge in [0.1, 0.15) is 0 Å². The molecule has 0 saturated carbocycles. The molecule has 5 nitrogen and oxygen atoms in total. The Kier molecular flexibility index (Phi) is 4.49. The van der Waals surface area contributed by atoms with Crippen molar-refractivity contribution in [1.29, 1.82) is 0 Å². The van der Waals surface area contributed by atoms with Crippen LogP contribution in [0.4, 0.5) is 4.79 Å². The number of hydrogen-bond donors (Lipinski definition) is 1. The number of ether oxygens (including phenoxy) is 1. The normalized spacial score (nSPS) is 12.6. The summed E-state index contributed by atoms with van der Waals surface area (Å²) in [6.45, 7) is 3.12. The molecule has 0 aliphatic heterocycles. The Hall–Kier alpha value is -1.82. The first-order valence-electron chi connectivity index (χ1n) is 5.22. The van der Waals surface area contributed by atoms with E-state index in [4.69, 9.17) is 0 Å². The van der Waals surface area contributed by atoms with Crippen LogP contribution in [0.15, 0.2) is 35.2 Å². The molecule has 0 aliphatic rings. The quantitative estimate of drug-likeness (QED) is 0.912. The van der Waals surface area contributed by atoms with Gasteiger partial charge >= 0.3 is 6.09 Å². The minimum absolute atomic E-state index is 0.0825. The van der Waals surface area contributed by atoms with Gasteiger partial charge in [-0.2, -0.15) is 0 Å². The summed E-state index contributed by atoms with van der Waals surface area (Å²) in [7, 11) is -2.76. The maximum atomic E-state index is 11.8. The number of carbonyl (C=O) groups is 1. The highest BCUT2D eigenvalue weighted by Crippen LogP contribution is 2.20. The van der Waals surface area contributed by atoms with Crippen molar-refractivity contribution in [3.8, 4) is 0 Å². The predicted octanol–water partition coefficient (Wildman–Crippen LogP) is 2.12. The zero-order chi connectivity index (χ0) is 13.8. The van der Waals surface area contributed by atoms with Gasteiger partial charge in [0.2, 0.25) is 0 Å². The number of methoxy groups -OCH3 is 1. The summed E-state index contributed by atoms with van der Waals surface area (Å²) in [6.07, 6.45) is -1.00. The highest BCUT2D eigenvalue weighted by atomic mass is 32.2. The topological polar surface area (TPSA) is 72.5 Å². The standard InChI is InChI=1S/C12H15NO4S/c1-9(11-7-5-4-6-8-11)10(2)18(15,16)13-12(14)17-3/h4-8H,1-3H3,(H,13,14)/b10-9+. The van der Waals surface area contributed by atoms with Gasteiger partial charge in [0.25, 0.3) is 10.0 Å². The number of hydrogen-bond acceptors (Lipinski definition) is 4. The molecule has 1 aromatic carbocycles. The van der Waals surface area contributed by atoms with E-state index in [0.29, 0.717) is 5.57 Å². The van der Waals surface area contributed by atoms with E-state index in [9.17, 15) is 13.2 Å². The van der Waals surface area contributed by atoms with Crippen LogP contribution in [0.3, 0.4) is 0 Å². The first-order valence-corrected chi connectivity index (χ1v) is 6.70. The van der Waals surface area contributed by atoms with Crippen LogP contribution in [0, 0.1) is 0 Å². The molecule has 0 heterocycles. The van der Waals surface area contributed by atoms with Crippen LogP contribution in [0.5, 0.6) is 0 Å². The maximum Gasteiger partial charge on any atom is 0.420 e. The number of allylic oxidation sites excluding steroid dienone is 2. The molecule has 1 amide bonds. The molecule has 18 heavy (non-hydrogen) atoms. The third-order valence-electron chi connectivity index (χ3n) is 2.54. The van der Waals surface area contributed by atoms with E-state index in [2.05, 4.69) is 4.74 Å². The predicted molar refractivity (Wildman–Crippen MR) is 69.2 cm³/mol. The van der Waals surface area contributed by atoms with Gasteiger partial charge in [0.05, 0.1) is 12.0 Å². The highest BCUT2D eigenvalue weighted by molar-refractivity contribution is 7.94. The van der Waals surface area contributed by atoms with E-state index in [0.717, 1.165) is 12.7 Å². The first-order chi connectivity index (χ1) is 8.38. The van der Waals surface area contributed by atoms with Crippen LogP contribution in [0.2, 0.25) is 0 Å². The largest absolute Gasteiger partial charge is 0.452 e. The Bertz CT molecular complexity index is 561. The molecule has 0 atom stereocenters. The Balaban J connectivity index is 3.12. The van der Waals surface area contributed by atoms with E-state index >= 15 is 0 Å². The SMILES string of the molecule is COC(=O)NS(=O)(=O)/C(C)=C(\C)c1ccccc1. The van der Waals surface area contributed by atoms with Crippen molar-refractivity contribution in [1.82, 2.24) is 4.72 Å². The zero-order valence-electron chi connectivity index (χ0n) is 10.4. The van der Waals surface area contributed by atoms with Gasteiger partial charge < -0.3 is 4.74 Å². The van der Waals surface area contributed by atoms with E-state index in [1.165, 1.54) is 6.92 Å². The second-order valence-corrected chi connectivity index (χ2v) is 5.47. The van der Waals surface area contributed by atoms with Gasteiger partial charge in [0, 0.05) is 0 Å². The Labute approximate surface area is 107 Å². The van der Waals surface area contributed by atoms with Crippen LogP contribution < -0.4 is 4.72 Å². The summed E-state index contributed by atoms with van der Waals surface area (Å²) in [6, 6.07) is 9.06. The third-order valence-corrected chi connectivity index (χ3v) is 4.09. The molecule has 0 aromatic heterocycles. The first kappa shape index (κ1) is 14.2. The monoisotopic (exact) mass is 269 g/mol. The van der Waals surface area contributed by atoms with E-state index < -0.39 is 16.1 Å². The minimum Gasteiger partial charge on any atom is -0.452 e. The molecule has 0 aliphatic carbocycles. The summed E-state index contributed by atoms with van der Waals surface area (Å²) in [5.74, 6) is 0. The maximum absolute atomic E-state index is 11.8. The van der Waals surface area contributed by atoms with Gasteiger partial charge in [-0.3, -0.25) is 0 Å². The zero-order valence-corrected chi connectivity index (χ0v) is 11.2. The smallest absolute Gasteiger partial charge is 0.420 e. The van der Waals surface area contributed by atoms with Crippen molar-refractivity contribution in [2.75, 3.05) is 7.11 Å². The van der Waals surface area contributed by atoms with Crippen molar-refractivity contribution < 1.29 is 17.9 Å². The number of nitrogens with one attached hydrogen (secondary N) is 1. The summed E-state index contributed by atoms with van der Waals surface area (Å²) in [5.41, 5.74) is 1.36. The molecular weight excluding hydrogens is 254 g/mol. The molecule has 1 rings (SSSR count). The van der Waals surface area contributed by atoms with Gasteiger partial charge in [0.15, 0.2) is 0 Å². The van der Waals surface area contributed by atoms with Crippen LogP contribution in [0.1, 0.15) is 19.4 Å². The molecule has 0 fully saturated rings. The Morgan fingerprint density at radius 3 is 2.22 bits per heavy atom. The number of rotatable bonds is 3. The average Bonchev–Trinajstić information content (AvgIpc) is 2.37. The van der Waals surface area contributed by atoms with Gasteiger partial charge in [-0.15, -0.1) is 0 Å². The van der Waals surface area contributed by atoms with Gasteiger partial charge in [-0.25, -0.2) is 17.9 Å². The lowest BCUT2D eigenvalue weighted by molar-refractivity contribution is 0.178. The van der Waals surface area contributed by atoms with E-state index in [-0.39, 0.29) is 4.91 Å². The van der Waals surface area contributed by atoms with Crippen molar-refractivity contribution in [3.63, 3.8) is 0 Å². The fourth-order valence-electron chi connectivity index (χ4n) is 1.32. The van der Waals surface area contributed by atoms with E-state index in [1.54, 1.807) is 19.1 Å². The summed E-state index contributed by atoms with van der Waals surface area (Å²) < 4.78 is 29.8. The molecule has 0 unspecified atom stereocenters. The molecule has 6 heteroatoms.